The monoisotopic (exact) mass is 367 g/mol. The molecule has 0 aliphatic carbocycles. The lowest BCUT2D eigenvalue weighted by molar-refractivity contribution is -0.127. The first kappa shape index (κ1) is 16.8. The van der Waals surface area contributed by atoms with Crippen LogP contribution in [0.15, 0.2) is 28.8 Å². The van der Waals surface area contributed by atoms with Gasteiger partial charge in [0.2, 0.25) is 5.91 Å². The molecule has 2 amide bonds. The fourth-order valence-electron chi connectivity index (χ4n) is 2.55. The second kappa shape index (κ2) is 6.83. The van der Waals surface area contributed by atoms with E-state index in [0.717, 1.165) is 6.42 Å². The van der Waals surface area contributed by atoms with E-state index in [0.29, 0.717) is 29.6 Å². The van der Waals surface area contributed by atoms with Crippen molar-refractivity contribution in [3.63, 3.8) is 0 Å². The highest BCUT2D eigenvalue weighted by Gasteiger charge is 2.29. The van der Waals surface area contributed by atoms with E-state index in [1.54, 1.807) is 30.0 Å². The summed E-state index contributed by atoms with van der Waals surface area (Å²) in [5, 5.41) is 4.58. The topological polar surface area (TPSA) is 66.7 Å². The van der Waals surface area contributed by atoms with Gasteiger partial charge in [-0.1, -0.05) is 28.4 Å². The fourth-order valence-corrected chi connectivity index (χ4v) is 2.92. The zero-order valence-corrected chi connectivity index (χ0v) is 14.5. The molecular weight excluding hydrogens is 353 g/mol. The maximum Gasteiger partial charge on any atom is 0.262 e. The van der Waals surface area contributed by atoms with Gasteiger partial charge in [0, 0.05) is 24.1 Å². The van der Waals surface area contributed by atoms with Crippen molar-refractivity contribution in [3.05, 3.63) is 45.6 Å². The molecule has 6 nitrogen and oxygen atoms in total. The number of benzene rings is 1. The van der Waals surface area contributed by atoms with E-state index < -0.39 is 5.91 Å². The number of hydrogen-bond acceptors (Lipinski definition) is 4. The second-order valence-electron chi connectivity index (χ2n) is 5.56. The molecule has 0 N–H and O–H groups in total. The van der Waals surface area contributed by atoms with Gasteiger partial charge in [0.25, 0.3) is 5.91 Å². The van der Waals surface area contributed by atoms with Gasteiger partial charge in [0.1, 0.15) is 12.4 Å². The van der Waals surface area contributed by atoms with Crippen molar-refractivity contribution >= 4 is 40.8 Å². The smallest absolute Gasteiger partial charge is 0.262 e. The van der Waals surface area contributed by atoms with Crippen molar-refractivity contribution in [2.75, 3.05) is 18.1 Å². The summed E-state index contributed by atoms with van der Waals surface area (Å²) in [6.45, 7) is 2.42. The quantitative estimate of drug-likeness (QED) is 0.828. The molecule has 126 valence electrons. The molecule has 1 aromatic heterocycles. The minimum Gasteiger partial charge on any atom is -0.360 e. The predicted octanol–water partition coefficient (Wildman–Crippen LogP) is 3.52. The largest absolute Gasteiger partial charge is 0.360 e. The zero-order valence-electron chi connectivity index (χ0n) is 13.0. The van der Waals surface area contributed by atoms with Crippen LogP contribution in [0.25, 0.3) is 0 Å². The Morgan fingerprint density at radius 2 is 2.17 bits per heavy atom. The number of aromatic nitrogens is 1. The average molecular weight is 368 g/mol. The fraction of sp³-hybridized carbons (Fsp3) is 0.312. The third kappa shape index (κ3) is 3.39. The minimum atomic E-state index is -0.393. The van der Waals surface area contributed by atoms with Gasteiger partial charge >= 0.3 is 0 Å². The summed E-state index contributed by atoms with van der Waals surface area (Å²) >= 11 is 12.1. The highest BCUT2D eigenvalue weighted by Crippen LogP contribution is 2.25. The van der Waals surface area contributed by atoms with E-state index in [-0.39, 0.29) is 23.2 Å². The Morgan fingerprint density at radius 3 is 2.79 bits per heavy atom. The third-order valence-corrected chi connectivity index (χ3v) is 4.34. The van der Waals surface area contributed by atoms with E-state index in [1.807, 2.05) is 0 Å². The van der Waals surface area contributed by atoms with Crippen LogP contribution in [-0.4, -0.2) is 35.1 Å². The summed E-state index contributed by atoms with van der Waals surface area (Å²) in [4.78, 5) is 27.9. The summed E-state index contributed by atoms with van der Waals surface area (Å²) in [5.41, 5.74) is 0.247. The maximum atomic E-state index is 13.0. The van der Waals surface area contributed by atoms with E-state index in [2.05, 4.69) is 5.16 Å². The first-order chi connectivity index (χ1) is 11.5. The number of likely N-dealkylation sites (tertiary alicyclic amines) is 1. The van der Waals surface area contributed by atoms with Crippen molar-refractivity contribution in [3.8, 4) is 0 Å². The SMILES string of the molecule is Cc1cc(N(CN2CCCC2=O)C(=O)c2cc(Cl)ccc2Cl)no1. The van der Waals surface area contributed by atoms with Crippen molar-refractivity contribution < 1.29 is 14.1 Å². The molecule has 8 heteroatoms. The van der Waals surface area contributed by atoms with Crippen LogP contribution in [0.4, 0.5) is 5.82 Å². The number of halogens is 2. The highest BCUT2D eigenvalue weighted by molar-refractivity contribution is 6.36. The average Bonchev–Trinajstić information content (AvgIpc) is 3.15. The third-order valence-electron chi connectivity index (χ3n) is 3.78. The van der Waals surface area contributed by atoms with Gasteiger partial charge in [-0.3, -0.25) is 14.5 Å². The predicted molar refractivity (Wildman–Crippen MR) is 90.3 cm³/mol. The van der Waals surface area contributed by atoms with Crippen molar-refractivity contribution in [1.82, 2.24) is 10.1 Å². The second-order valence-corrected chi connectivity index (χ2v) is 6.40. The van der Waals surface area contributed by atoms with Crippen LogP contribution in [0.5, 0.6) is 0 Å². The molecule has 0 spiro atoms. The molecule has 0 radical (unpaired) electrons. The normalized spacial score (nSPS) is 14.3. The molecule has 1 aliphatic heterocycles. The van der Waals surface area contributed by atoms with Gasteiger partial charge in [0.15, 0.2) is 5.82 Å². The van der Waals surface area contributed by atoms with E-state index in [4.69, 9.17) is 27.7 Å². The molecule has 1 fully saturated rings. The molecule has 2 heterocycles. The summed E-state index contributed by atoms with van der Waals surface area (Å²) in [5.74, 6) is 0.502. The summed E-state index contributed by atoms with van der Waals surface area (Å²) in [7, 11) is 0. The summed E-state index contributed by atoms with van der Waals surface area (Å²) < 4.78 is 5.07. The molecule has 0 saturated carbocycles. The molecule has 0 atom stereocenters. The van der Waals surface area contributed by atoms with Crippen LogP contribution in [-0.2, 0) is 4.79 Å². The van der Waals surface area contributed by atoms with E-state index >= 15 is 0 Å². The standard InChI is InChI=1S/C16H15Cl2N3O3/c1-10-7-14(19-24-10)21(9-20-6-2-3-15(20)22)16(23)12-8-11(17)4-5-13(12)18/h4-5,7-8H,2-3,6,9H2,1H3. The highest BCUT2D eigenvalue weighted by atomic mass is 35.5. The Balaban J connectivity index is 1.95. The maximum absolute atomic E-state index is 13.0. The van der Waals surface area contributed by atoms with Gasteiger partial charge < -0.3 is 9.42 Å². The van der Waals surface area contributed by atoms with Crippen LogP contribution in [0.2, 0.25) is 10.0 Å². The summed E-state index contributed by atoms with van der Waals surface area (Å²) in [6, 6.07) is 6.30. The van der Waals surface area contributed by atoms with Crippen LogP contribution >= 0.6 is 23.2 Å². The van der Waals surface area contributed by atoms with Gasteiger partial charge in [-0.2, -0.15) is 0 Å². The number of nitrogens with zero attached hydrogens (tertiary/aromatic N) is 3. The van der Waals surface area contributed by atoms with Crippen LogP contribution in [0.3, 0.4) is 0 Å². The van der Waals surface area contributed by atoms with Gasteiger partial charge in [-0.05, 0) is 31.5 Å². The lowest BCUT2D eigenvalue weighted by atomic mass is 10.2. The summed E-state index contributed by atoms with van der Waals surface area (Å²) in [6.07, 6.45) is 1.26. The molecule has 2 aromatic rings. The Bertz CT molecular complexity index is 791. The number of anilines is 1. The Morgan fingerprint density at radius 1 is 1.38 bits per heavy atom. The molecule has 0 bridgehead atoms. The lowest BCUT2D eigenvalue weighted by Crippen LogP contribution is -2.42. The number of carbonyl (C=O) groups excluding carboxylic acids is 2. The molecule has 1 saturated heterocycles. The molecule has 0 unspecified atom stereocenters. The van der Waals surface area contributed by atoms with Gasteiger partial charge in [-0.25, -0.2) is 0 Å². The minimum absolute atomic E-state index is 0.00482. The zero-order chi connectivity index (χ0) is 17.3. The van der Waals surface area contributed by atoms with Gasteiger partial charge in [-0.15, -0.1) is 0 Å². The van der Waals surface area contributed by atoms with Crippen LogP contribution in [0.1, 0.15) is 29.0 Å². The molecular formula is C16H15Cl2N3O3. The first-order valence-electron chi connectivity index (χ1n) is 7.43. The Hall–Kier alpha value is -2.05. The number of amides is 2. The first-order valence-corrected chi connectivity index (χ1v) is 8.19. The molecule has 1 aliphatic rings. The Labute approximate surface area is 148 Å². The molecule has 3 rings (SSSR count). The van der Waals surface area contributed by atoms with E-state index in [1.165, 1.54) is 11.0 Å². The van der Waals surface area contributed by atoms with E-state index in [9.17, 15) is 9.59 Å². The Kier molecular flexibility index (Phi) is 4.78. The molecule has 1 aromatic carbocycles. The van der Waals surface area contributed by atoms with Crippen molar-refractivity contribution in [2.24, 2.45) is 0 Å². The van der Waals surface area contributed by atoms with Gasteiger partial charge in [0.05, 0.1) is 10.6 Å². The number of rotatable bonds is 4. The van der Waals surface area contributed by atoms with Crippen LogP contribution < -0.4 is 4.90 Å². The number of aryl methyl sites for hydroxylation is 1. The van der Waals surface area contributed by atoms with Crippen molar-refractivity contribution in [1.29, 1.82) is 0 Å². The molecule has 24 heavy (non-hydrogen) atoms. The number of hydrogen-bond donors (Lipinski definition) is 0. The lowest BCUT2D eigenvalue weighted by Gasteiger charge is -2.26. The van der Waals surface area contributed by atoms with Crippen LogP contribution in [0, 0.1) is 6.92 Å². The van der Waals surface area contributed by atoms with Crippen molar-refractivity contribution in [2.45, 2.75) is 19.8 Å². The number of carbonyl (C=O) groups is 2.